The van der Waals surface area contributed by atoms with E-state index in [-0.39, 0.29) is 12.1 Å². The normalized spacial score (nSPS) is 15.3. The summed E-state index contributed by atoms with van der Waals surface area (Å²) in [5.41, 5.74) is 7.08. The first kappa shape index (κ1) is 12.1. The van der Waals surface area contributed by atoms with Crippen molar-refractivity contribution in [1.29, 1.82) is 0 Å². The summed E-state index contributed by atoms with van der Waals surface area (Å²) in [7, 11) is 2.10. The monoisotopic (exact) mass is 207 g/mol. The van der Waals surface area contributed by atoms with Crippen LogP contribution in [0.25, 0.3) is 0 Å². The van der Waals surface area contributed by atoms with Crippen LogP contribution in [0.1, 0.15) is 32.0 Å². The summed E-state index contributed by atoms with van der Waals surface area (Å²) >= 11 is 0. The molecule has 0 radical (unpaired) electrons. The summed E-state index contributed by atoms with van der Waals surface area (Å²) < 4.78 is 0. The zero-order chi connectivity index (χ0) is 11.3. The molecule has 1 aromatic heterocycles. The van der Waals surface area contributed by atoms with Crippen molar-refractivity contribution >= 4 is 0 Å². The molecule has 2 atom stereocenters. The van der Waals surface area contributed by atoms with E-state index < -0.39 is 0 Å². The zero-order valence-corrected chi connectivity index (χ0v) is 9.85. The maximum atomic E-state index is 6.02. The Hall–Kier alpha value is -0.930. The fraction of sp³-hybridized carbons (Fsp3) is 0.583. The van der Waals surface area contributed by atoms with Gasteiger partial charge in [-0.15, -0.1) is 0 Å². The molecule has 0 fully saturated rings. The lowest BCUT2D eigenvalue weighted by Crippen LogP contribution is -2.38. The van der Waals surface area contributed by atoms with E-state index in [1.807, 2.05) is 31.3 Å². The summed E-state index contributed by atoms with van der Waals surface area (Å²) in [4.78, 5) is 6.65. The predicted octanol–water partition coefficient (Wildman–Crippen LogP) is 1.81. The number of nitrogens with two attached hydrogens (primary N) is 1. The molecular weight excluding hydrogens is 186 g/mol. The van der Waals surface area contributed by atoms with E-state index >= 15 is 0 Å². The Morgan fingerprint density at radius 3 is 2.67 bits per heavy atom. The van der Waals surface area contributed by atoms with Crippen LogP contribution in [0.3, 0.4) is 0 Å². The molecule has 0 spiro atoms. The molecule has 0 amide bonds. The second-order valence-corrected chi connectivity index (χ2v) is 4.04. The van der Waals surface area contributed by atoms with Crippen LogP contribution in [0.15, 0.2) is 24.4 Å². The Morgan fingerprint density at radius 2 is 2.20 bits per heavy atom. The maximum Gasteiger partial charge on any atom is 0.0668 e. The fourth-order valence-electron chi connectivity index (χ4n) is 1.94. The van der Waals surface area contributed by atoms with Gasteiger partial charge in [0.1, 0.15) is 0 Å². The quantitative estimate of drug-likeness (QED) is 0.800. The molecule has 3 nitrogen and oxygen atoms in total. The van der Waals surface area contributed by atoms with Gasteiger partial charge in [0.2, 0.25) is 0 Å². The highest BCUT2D eigenvalue weighted by Crippen LogP contribution is 2.19. The van der Waals surface area contributed by atoms with Crippen LogP contribution in [-0.2, 0) is 0 Å². The van der Waals surface area contributed by atoms with E-state index in [1.165, 1.54) is 0 Å². The predicted molar refractivity (Wildman–Crippen MR) is 63.5 cm³/mol. The molecule has 1 rings (SSSR count). The third-order valence-electron chi connectivity index (χ3n) is 2.54. The second kappa shape index (κ2) is 5.83. The minimum atomic E-state index is 0.0939. The minimum absolute atomic E-state index is 0.0939. The topological polar surface area (TPSA) is 42.2 Å². The van der Waals surface area contributed by atoms with Crippen molar-refractivity contribution in [1.82, 2.24) is 9.88 Å². The lowest BCUT2D eigenvalue weighted by Gasteiger charge is -2.30. The Labute approximate surface area is 92.3 Å². The summed E-state index contributed by atoms with van der Waals surface area (Å²) in [6.45, 7) is 5.25. The van der Waals surface area contributed by atoms with Crippen molar-refractivity contribution in [2.24, 2.45) is 5.73 Å². The number of hydrogen-bond acceptors (Lipinski definition) is 3. The van der Waals surface area contributed by atoms with Gasteiger partial charge in [-0.1, -0.05) is 13.0 Å². The van der Waals surface area contributed by atoms with Crippen LogP contribution < -0.4 is 5.73 Å². The molecular formula is C12H21N3. The Morgan fingerprint density at radius 1 is 1.47 bits per heavy atom. The summed E-state index contributed by atoms with van der Waals surface area (Å²) in [5, 5.41) is 0. The maximum absolute atomic E-state index is 6.02. The van der Waals surface area contributed by atoms with Crippen molar-refractivity contribution in [3.63, 3.8) is 0 Å². The van der Waals surface area contributed by atoms with Gasteiger partial charge in [0, 0.05) is 12.2 Å². The summed E-state index contributed by atoms with van der Waals surface area (Å²) in [5.74, 6) is 0. The molecule has 1 heterocycles. The molecule has 84 valence electrons. The largest absolute Gasteiger partial charge is 0.326 e. The van der Waals surface area contributed by atoms with Gasteiger partial charge < -0.3 is 5.73 Å². The molecule has 2 N–H and O–H groups in total. The molecule has 3 heteroatoms. The molecule has 0 aliphatic rings. The third kappa shape index (κ3) is 3.29. The van der Waals surface area contributed by atoms with Gasteiger partial charge in [0.05, 0.1) is 11.7 Å². The van der Waals surface area contributed by atoms with E-state index in [9.17, 15) is 0 Å². The van der Waals surface area contributed by atoms with Crippen molar-refractivity contribution < 1.29 is 0 Å². The van der Waals surface area contributed by atoms with E-state index in [1.54, 1.807) is 0 Å². The molecule has 0 saturated carbocycles. The highest BCUT2D eigenvalue weighted by Gasteiger charge is 2.21. The first-order valence-corrected chi connectivity index (χ1v) is 5.53. The number of pyridine rings is 1. The van der Waals surface area contributed by atoms with Crippen LogP contribution in [-0.4, -0.2) is 29.5 Å². The lowest BCUT2D eigenvalue weighted by molar-refractivity contribution is 0.215. The van der Waals surface area contributed by atoms with Crippen molar-refractivity contribution in [3.05, 3.63) is 30.1 Å². The average molecular weight is 207 g/mol. The van der Waals surface area contributed by atoms with E-state index in [2.05, 4.69) is 23.9 Å². The molecule has 0 aliphatic carbocycles. The first-order chi connectivity index (χ1) is 7.16. The van der Waals surface area contributed by atoms with Crippen molar-refractivity contribution in [3.8, 4) is 0 Å². The van der Waals surface area contributed by atoms with Crippen LogP contribution in [0.5, 0.6) is 0 Å². The van der Waals surface area contributed by atoms with Gasteiger partial charge in [-0.2, -0.15) is 0 Å². The van der Waals surface area contributed by atoms with Gasteiger partial charge >= 0.3 is 0 Å². The Kier molecular flexibility index (Phi) is 4.72. The lowest BCUT2D eigenvalue weighted by atomic mass is 10.0. The smallest absolute Gasteiger partial charge is 0.0668 e. The molecule has 0 saturated heterocycles. The minimum Gasteiger partial charge on any atom is -0.326 e. The number of nitrogens with zero attached hydrogens (tertiary/aromatic N) is 2. The van der Waals surface area contributed by atoms with Crippen molar-refractivity contribution in [2.75, 3.05) is 13.6 Å². The Bertz CT molecular complexity index is 271. The molecule has 2 unspecified atom stereocenters. The van der Waals surface area contributed by atoms with E-state index in [0.29, 0.717) is 0 Å². The van der Waals surface area contributed by atoms with Crippen molar-refractivity contribution in [2.45, 2.75) is 32.4 Å². The second-order valence-electron chi connectivity index (χ2n) is 4.04. The van der Waals surface area contributed by atoms with Crippen LogP contribution >= 0.6 is 0 Å². The van der Waals surface area contributed by atoms with Gasteiger partial charge in [0.15, 0.2) is 0 Å². The molecule has 0 aliphatic heterocycles. The third-order valence-corrected chi connectivity index (χ3v) is 2.54. The van der Waals surface area contributed by atoms with Crippen LogP contribution in [0, 0.1) is 0 Å². The highest BCUT2D eigenvalue weighted by molar-refractivity contribution is 5.10. The highest BCUT2D eigenvalue weighted by atomic mass is 15.2. The number of likely N-dealkylation sites (N-methyl/N-ethyl adjacent to an activating group) is 1. The van der Waals surface area contributed by atoms with Gasteiger partial charge in [-0.25, -0.2) is 0 Å². The molecule has 1 aromatic rings. The van der Waals surface area contributed by atoms with Gasteiger partial charge in [-0.3, -0.25) is 9.88 Å². The van der Waals surface area contributed by atoms with Gasteiger partial charge in [0.25, 0.3) is 0 Å². The average Bonchev–Trinajstić information content (AvgIpc) is 2.19. The first-order valence-electron chi connectivity index (χ1n) is 5.53. The number of hydrogen-bond donors (Lipinski definition) is 1. The number of aromatic nitrogens is 1. The summed E-state index contributed by atoms with van der Waals surface area (Å²) in [6.07, 6.45) is 2.96. The van der Waals surface area contributed by atoms with Gasteiger partial charge in [-0.05, 0) is 39.1 Å². The SMILES string of the molecule is CCCN(C)C(c1ccccn1)C(C)N. The van der Waals surface area contributed by atoms with E-state index in [4.69, 9.17) is 5.73 Å². The van der Waals surface area contributed by atoms with E-state index in [0.717, 1.165) is 18.7 Å². The molecule has 0 aromatic carbocycles. The number of rotatable bonds is 5. The molecule has 15 heavy (non-hydrogen) atoms. The zero-order valence-electron chi connectivity index (χ0n) is 9.85. The van der Waals surface area contributed by atoms with Crippen LogP contribution in [0.4, 0.5) is 0 Å². The summed E-state index contributed by atoms with van der Waals surface area (Å²) in [6, 6.07) is 6.29. The standard InChI is InChI=1S/C12H21N3/c1-4-9-15(3)12(10(2)13)11-7-5-6-8-14-11/h5-8,10,12H,4,9,13H2,1-3H3. The van der Waals surface area contributed by atoms with Crippen LogP contribution in [0.2, 0.25) is 0 Å². The molecule has 0 bridgehead atoms. The Balaban J connectivity index is 2.83. The fourth-order valence-corrected chi connectivity index (χ4v) is 1.94.